The highest BCUT2D eigenvalue weighted by atomic mass is 79.9. The molecule has 0 atom stereocenters. The van der Waals surface area contributed by atoms with Gasteiger partial charge in [-0.25, -0.2) is 0 Å². The molecule has 1 amide bonds. The molecule has 0 aromatic heterocycles. The highest BCUT2D eigenvalue weighted by Gasteiger charge is 2.35. The fraction of sp³-hybridized carbons (Fsp3) is 0.533. The number of nitrogens with one attached hydrogen (secondary N) is 1. The second-order valence-electron chi connectivity index (χ2n) is 5.26. The van der Waals surface area contributed by atoms with Crippen LogP contribution in [0.25, 0.3) is 0 Å². The number of benzene rings is 1. The second-order valence-corrected chi connectivity index (χ2v) is 6.12. The zero-order valence-electron chi connectivity index (χ0n) is 13.2. The minimum atomic E-state index is -0.841. The smallest absolute Gasteiger partial charge is 0.240 e. The van der Waals surface area contributed by atoms with Crippen molar-refractivity contribution >= 4 is 34.2 Å². The van der Waals surface area contributed by atoms with Crippen LogP contribution >= 0.6 is 28.3 Å². The van der Waals surface area contributed by atoms with E-state index in [4.69, 9.17) is 19.9 Å². The van der Waals surface area contributed by atoms with Crippen molar-refractivity contribution in [3.05, 3.63) is 22.2 Å². The van der Waals surface area contributed by atoms with Crippen LogP contribution < -0.4 is 20.5 Å². The molecule has 0 aliphatic carbocycles. The van der Waals surface area contributed by atoms with Gasteiger partial charge in [0.25, 0.3) is 0 Å². The normalized spacial score (nSPS) is 16.2. The van der Waals surface area contributed by atoms with Crippen molar-refractivity contribution in [2.24, 2.45) is 5.73 Å². The number of ether oxygens (including phenoxy) is 3. The van der Waals surface area contributed by atoms with E-state index in [2.05, 4.69) is 21.2 Å². The van der Waals surface area contributed by atoms with Gasteiger partial charge in [0.15, 0.2) is 11.5 Å². The number of carbonyl (C=O) groups excluding carboxylic acids is 1. The number of amides is 1. The number of carbonyl (C=O) groups is 1. The molecule has 23 heavy (non-hydrogen) atoms. The lowest BCUT2D eigenvalue weighted by Crippen LogP contribution is -2.56. The number of methoxy groups -OCH3 is 2. The van der Waals surface area contributed by atoms with E-state index in [0.29, 0.717) is 44.1 Å². The third-order valence-electron chi connectivity index (χ3n) is 3.78. The zero-order valence-corrected chi connectivity index (χ0v) is 15.6. The Morgan fingerprint density at radius 1 is 1.35 bits per heavy atom. The summed E-state index contributed by atoms with van der Waals surface area (Å²) in [6.07, 6.45) is 1.07. The quantitative estimate of drug-likeness (QED) is 0.777. The lowest BCUT2D eigenvalue weighted by molar-refractivity contribution is -0.129. The molecule has 1 saturated heterocycles. The van der Waals surface area contributed by atoms with Gasteiger partial charge in [0, 0.05) is 19.8 Å². The highest BCUT2D eigenvalue weighted by molar-refractivity contribution is 9.10. The first-order valence-electron chi connectivity index (χ1n) is 7.05. The van der Waals surface area contributed by atoms with Crippen LogP contribution in [0, 0.1) is 0 Å². The molecule has 1 aliphatic rings. The average Bonchev–Trinajstić information content (AvgIpc) is 2.52. The molecule has 2 rings (SSSR count). The topological polar surface area (TPSA) is 82.8 Å². The van der Waals surface area contributed by atoms with E-state index in [9.17, 15) is 4.79 Å². The summed E-state index contributed by atoms with van der Waals surface area (Å²) >= 11 is 3.43. The first-order chi connectivity index (χ1) is 10.5. The predicted molar refractivity (Wildman–Crippen MR) is 93.3 cm³/mol. The fourth-order valence-corrected chi connectivity index (χ4v) is 3.05. The molecule has 0 saturated carbocycles. The van der Waals surface area contributed by atoms with Crippen molar-refractivity contribution in [1.82, 2.24) is 5.32 Å². The Kier molecular flexibility index (Phi) is 7.60. The molecule has 0 spiro atoms. The third-order valence-corrected chi connectivity index (χ3v) is 4.37. The number of hydrogen-bond donors (Lipinski definition) is 2. The Hall–Kier alpha value is -1.02. The van der Waals surface area contributed by atoms with Crippen LogP contribution in [0.15, 0.2) is 16.6 Å². The molecule has 0 bridgehead atoms. The van der Waals surface area contributed by atoms with Gasteiger partial charge in [-0.1, -0.05) is 0 Å². The minimum Gasteiger partial charge on any atom is -0.493 e. The summed E-state index contributed by atoms with van der Waals surface area (Å²) in [7, 11) is 3.15. The lowest BCUT2D eigenvalue weighted by Gasteiger charge is -2.31. The SMILES string of the molecule is COc1cc(CNC(=O)C2(N)CCOCC2)cc(Br)c1OC.Cl. The maximum atomic E-state index is 12.3. The molecule has 1 heterocycles. The summed E-state index contributed by atoms with van der Waals surface area (Å²) in [6, 6.07) is 3.71. The van der Waals surface area contributed by atoms with Gasteiger partial charge in [-0.3, -0.25) is 4.79 Å². The van der Waals surface area contributed by atoms with E-state index in [1.807, 2.05) is 12.1 Å². The molecule has 6 nitrogen and oxygen atoms in total. The molecule has 3 N–H and O–H groups in total. The van der Waals surface area contributed by atoms with E-state index < -0.39 is 5.54 Å². The van der Waals surface area contributed by atoms with Gasteiger partial charge in [0.05, 0.1) is 24.2 Å². The van der Waals surface area contributed by atoms with Gasteiger partial charge in [-0.2, -0.15) is 0 Å². The molecule has 0 radical (unpaired) electrons. The van der Waals surface area contributed by atoms with Crippen LogP contribution in [-0.2, 0) is 16.1 Å². The van der Waals surface area contributed by atoms with Crippen molar-refractivity contribution in [3.8, 4) is 11.5 Å². The van der Waals surface area contributed by atoms with Crippen molar-refractivity contribution in [3.63, 3.8) is 0 Å². The lowest BCUT2D eigenvalue weighted by atomic mass is 9.90. The molecular formula is C15H22BrClN2O4. The number of nitrogens with two attached hydrogens (primary N) is 1. The Morgan fingerprint density at radius 3 is 2.57 bits per heavy atom. The van der Waals surface area contributed by atoms with Gasteiger partial charge >= 0.3 is 0 Å². The predicted octanol–water partition coefficient (Wildman–Crippen LogP) is 2.01. The summed E-state index contributed by atoms with van der Waals surface area (Å²) in [6.45, 7) is 1.41. The summed E-state index contributed by atoms with van der Waals surface area (Å²) in [5.74, 6) is 1.08. The summed E-state index contributed by atoms with van der Waals surface area (Å²) in [5, 5.41) is 2.89. The van der Waals surface area contributed by atoms with Crippen LogP contribution in [0.3, 0.4) is 0 Å². The van der Waals surface area contributed by atoms with Crippen LogP contribution in [0.4, 0.5) is 0 Å². The second kappa shape index (κ2) is 8.73. The number of hydrogen-bond acceptors (Lipinski definition) is 5. The Bertz CT molecular complexity index is 551. The molecule has 1 aliphatic heterocycles. The molecule has 1 aromatic rings. The zero-order chi connectivity index (χ0) is 16.2. The molecule has 130 valence electrons. The van der Waals surface area contributed by atoms with Gasteiger partial charge < -0.3 is 25.3 Å². The van der Waals surface area contributed by atoms with E-state index in [0.717, 1.165) is 10.0 Å². The van der Waals surface area contributed by atoms with Gasteiger partial charge in [-0.05, 0) is 46.5 Å². The minimum absolute atomic E-state index is 0. The summed E-state index contributed by atoms with van der Waals surface area (Å²) in [5.41, 5.74) is 6.21. The van der Waals surface area contributed by atoms with Crippen molar-refractivity contribution in [1.29, 1.82) is 0 Å². The van der Waals surface area contributed by atoms with Crippen LogP contribution in [0.2, 0.25) is 0 Å². The number of halogens is 2. The van der Waals surface area contributed by atoms with E-state index in [1.54, 1.807) is 14.2 Å². The molecule has 1 aromatic carbocycles. The Balaban J connectivity index is 0.00000264. The van der Waals surface area contributed by atoms with Crippen LogP contribution in [-0.4, -0.2) is 38.9 Å². The largest absolute Gasteiger partial charge is 0.493 e. The first kappa shape index (κ1) is 20.0. The van der Waals surface area contributed by atoms with Crippen LogP contribution in [0.1, 0.15) is 18.4 Å². The molecule has 8 heteroatoms. The van der Waals surface area contributed by atoms with Crippen molar-refractivity contribution < 1.29 is 19.0 Å². The number of rotatable bonds is 5. The molecular weight excluding hydrogens is 388 g/mol. The monoisotopic (exact) mass is 408 g/mol. The van der Waals surface area contributed by atoms with E-state index in [-0.39, 0.29) is 18.3 Å². The maximum Gasteiger partial charge on any atom is 0.240 e. The van der Waals surface area contributed by atoms with Crippen LogP contribution in [0.5, 0.6) is 11.5 Å². The summed E-state index contributed by atoms with van der Waals surface area (Å²) in [4.78, 5) is 12.3. The van der Waals surface area contributed by atoms with Gasteiger partial charge in [0.2, 0.25) is 5.91 Å². The highest BCUT2D eigenvalue weighted by Crippen LogP contribution is 2.36. The third kappa shape index (κ3) is 4.73. The fourth-order valence-electron chi connectivity index (χ4n) is 2.39. The van der Waals surface area contributed by atoms with Crippen molar-refractivity contribution in [2.45, 2.75) is 24.9 Å². The molecule has 0 unspecified atom stereocenters. The molecule has 1 fully saturated rings. The average molecular weight is 410 g/mol. The Labute approximate surface area is 150 Å². The van der Waals surface area contributed by atoms with Crippen molar-refractivity contribution in [2.75, 3.05) is 27.4 Å². The van der Waals surface area contributed by atoms with E-state index in [1.165, 1.54) is 0 Å². The van der Waals surface area contributed by atoms with E-state index >= 15 is 0 Å². The Morgan fingerprint density at radius 2 is 2.00 bits per heavy atom. The maximum absolute atomic E-state index is 12.3. The summed E-state index contributed by atoms with van der Waals surface area (Å²) < 4.78 is 16.6. The first-order valence-corrected chi connectivity index (χ1v) is 7.85. The standard InChI is InChI=1S/C15H21BrN2O4.ClH/c1-20-12-8-10(7-11(16)13(12)21-2)9-18-14(19)15(17)3-5-22-6-4-15;/h7-8H,3-6,9,17H2,1-2H3,(H,18,19);1H. The van der Waals surface area contributed by atoms with Gasteiger partial charge in [-0.15, -0.1) is 12.4 Å². The van der Waals surface area contributed by atoms with Gasteiger partial charge in [0.1, 0.15) is 0 Å².